The van der Waals surface area contributed by atoms with Gasteiger partial charge in [0.15, 0.2) is 5.82 Å². The van der Waals surface area contributed by atoms with Crippen LogP contribution in [0, 0.1) is 5.92 Å². The molecule has 1 aromatic heterocycles. The first-order valence-corrected chi connectivity index (χ1v) is 10.2. The Hall–Kier alpha value is -2.58. The Kier molecular flexibility index (Phi) is 5.23. The SMILES string of the molecule is Cn1ccc(N2CCCC(NC(=O)N3CCCCC3C3CNC(=O)C3)C2=O)n1. The van der Waals surface area contributed by atoms with Crippen molar-refractivity contribution in [3.8, 4) is 0 Å². The fourth-order valence-electron chi connectivity index (χ4n) is 4.61. The molecule has 152 valence electrons. The van der Waals surface area contributed by atoms with Crippen molar-refractivity contribution in [3.05, 3.63) is 12.3 Å². The van der Waals surface area contributed by atoms with Crippen LogP contribution < -0.4 is 15.5 Å². The number of amides is 4. The highest BCUT2D eigenvalue weighted by atomic mass is 16.2. The Balaban J connectivity index is 1.42. The lowest BCUT2D eigenvalue weighted by molar-refractivity contribution is -0.121. The highest BCUT2D eigenvalue weighted by molar-refractivity contribution is 5.99. The van der Waals surface area contributed by atoms with Gasteiger partial charge < -0.3 is 15.5 Å². The molecule has 3 atom stereocenters. The summed E-state index contributed by atoms with van der Waals surface area (Å²) in [5, 5.41) is 10.2. The standard InChI is InChI=1S/C19H28N6O3/c1-23-10-7-16(22-23)25-9-4-5-14(18(25)27)21-19(28)24-8-3-2-6-15(24)13-11-17(26)20-12-13/h7,10,13-15H,2-6,8-9,11-12H2,1H3,(H,20,26)(H,21,28). The van der Waals surface area contributed by atoms with Gasteiger partial charge in [0.05, 0.1) is 0 Å². The van der Waals surface area contributed by atoms with Crippen molar-refractivity contribution < 1.29 is 14.4 Å². The molecular formula is C19H28N6O3. The van der Waals surface area contributed by atoms with Crippen LogP contribution in [0.4, 0.5) is 10.6 Å². The zero-order chi connectivity index (χ0) is 19.7. The number of carbonyl (C=O) groups is 3. The topological polar surface area (TPSA) is 99.6 Å². The van der Waals surface area contributed by atoms with Crippen LogP contribution in [-0.2, 0) is 16.6 Å². The van der Waals surface area contributed by atoms with Gasteiger partial charge in [0.2, 0.25) is 5.91 Å². The van der Waals surface area contributed by atoms with Crippen LogP contribution in [0.2, 0.25) is 0 Å². The number of likely N-dealkylation sites (tertiary alicyclic amines) is 1. The van der Waals surface area contributed by atoms with E-state index in [0.717, 1.165) is 25.7 Å². The van der Waals surface area contributed by atoms with Gasteiger partial charge in [-0.05, 0) is 32.1 Å². The second kappa shape index (κ2) is 7.81. The summed E-state index contributed by atoms with van der Waals surface area (Å²) in [4.78, 5) is 41.1. The molecule has 0 saturated carbocycles. The third-order valence-corrected chi connectivity index (χ3v) is 6.08. The summed E-state index contributed by atoms with van der Waals surface area (Å²) >= 11 is 0. The number of piperidine rings is 2. The van der Waals surface area contributed by atoms with Crippen LogP contribution in [0.1, 0.15) is 38.5 Å². The van der Waals surface area contributed by atoms with Crippen LogP contribution in [0.15, 0.2) is 12.3 Å². The Morgan fingerprint density at radius 2 is 2.07 bits per heavy atom. The molecule has 0 aliphatic carbocycles. The predicted molar refractivity (Wildman–Crippen MR) is 103 cm³/mol. The molecule has 1 aromatic rings. The normalized spacial score (nSPS) is 28.4. The summed E-state index contributed by atoms with van der Waals surface area (Å²) in [7, 11) is 1.82. The van der Waals surface area contributed by atoms with E-state index in [1.807, 2.05) is 18.0 Å². The van der Waals surface area contributed by atoms with Gasteiger partial charge in [-0.2, -0.15) is 5.10 Å². The fourth-order valence-corrected chi connectivity index (χ4v) is 4.61. The number of carbonyl (C=O) groups excluding carboxylic acids is 3. The zero-order valence-corrected chi connectivity index (χ0v) is 16.3. The molecule has 3 aliphatic heterocycles. The lowest BCUT2D eigenvalue weighted by Crippen LogP contribution is -2.58. The number of anilines is 1. The first-order chi connectivity index (χ1) is 13.5. The Labute approximate surface area is 164 Å². The number of rotatable bonds is 3. The highest BCUT2D eigenvalue weighted by Gasteiger charge is 2.39. The Morgan fingerprint density at radius 3 is 2.79 bits per heavy atom. The third-order valence-electron chi connectivity index (χ3n) is 6.08. The molecule has 4 amide bonds. The molecule has 3 saturated heterocycles. The number of hydrogen-bond acceptors (Lipinski definition) is 4. The third kappa shape index (κ3) is 3.70. The van der Waals surface area contributed by atoms with E-state index < -0.39 is 6.04 Å². The molecule has 0 radical (unpaired) electrons. The van der Waals surface area contributed by atoms with Gasteiger partial charge in [0.1, 0.15) is 6.04 Å². The van der Waals surface area contributed by atoms with Crippen LogP contribution in [0.25, 0.3) is 0 Å². The van der Waals surface area contributed by atoms with E-state index in [1.165, 1.54) is 0 Å². The quantitative estimate of drug-likeness (QED) is 0.793. The van der Waals surface area contributed by atoms with E-state index in [-0.39, 0.29) is 29.8 Å². The average Bonchev–Trinajstić information content (AvgIpc) is 3.32. The predicted octanol–water partition coefficient (Wildman–Crippen LogP) is 0.616. The van der Waals surface area contributed by atoms with E-state index in [4.69, 9.17) is 0 Å². The minimum atomic E-state index is -0.533. The zero-order valence-electron chi connectivity index (χ0n) is 16.3. The Morgan fingerprint density at radius 1 is 1.21 bits per heavy atom. The van der Waals surface area contributed by atoms with Crippen LogP contribution in [0.3, 0.4) is 0 Å². The number of nitrogens with zero attached hydrogens (tertiary/aromatic N) is 4. The van der Waals surface area contributed by atoms with Crippen molar-refractivity contribution in [3.63, 3.8) is 0 Å². The molecule has 0 aromatic carbocycles. The first-order valence-electron chi connectivity index (χ1n) is 10.2. The van der Waals surface area contributed by atoms with Crippen molar-refractivity contribution in [1.29, 1.82) is 0 Å². The average molecular weight is 388 g/mol. The molecule has 2 N–H and O–H groups in total. The molecule has 3 fully saturated rings. The summed E-state index contributed by atoms with van der Waals surface area (Å²) < 4.78 is 1.67. The summed E-state index contributed by atoms with van der Waals surface area (Å²) in [5.74, 6) is 0.734. The molecule has 4 rings (SSSR count). The van der Waals surface area contributed by atoms with Crippen LogP contribution in [0.5, 0.6) is 0 Å². The van der Waals surface area contributed by atoms with Gasteiger partial charge in [0.25, 0.3) is 5.91 Å². The molecule has 0 bridgehead atoms. The van der Waals surface area contributed by atoms with Gasteiger partial charge in [-0.15, -0.1) is 0 Å². The van der Waals surface area contributed by atoms with E-state index >= 15 is 0 Å². The lowest BCUT2D eigenvalue weighted by Gasteiger charge is -2.40. The number of aryl methyl sites for hydroxylation is 1. The monoisotopic (exact) mass is 388 g/mol. The molecule has 9 heteroatoms. The van der Waals surface area contributed by atoms with E-state index in [9.17, 15) is 14.4 Å². The lowest BCUT2D eigenvalue weighted by atomic mass is 9.89. The summed E-state index contributed by atoms with van der Waals surface area (Å²) in [6.07, 6.45) is 6.66. The van der Waals surface area contributed by atoms with Crippen LogP contribution >= 0.6 is 0 Å². The van der Waals surface area contributed by atoms with E-state index in [2.05, 4.69) is 15.7 Å². The van der Waals surface area contributed by atoms with Crippen molar-refractivity contribution in [2.75, 3.05) is 24.5 Å². The summed E-state index contributed by atoms with van der Waals surface area (Å²) in [6.45, 7) is 1.92. The second-order valence-electron chi connectivity index (χ2n) is 8.01. The molecule has 3 aliphatic rings. The molecule has 3 unspecified atom stereocenters. The van der Waals surface area contributed by atoms with Crippen molar-refractivity contribution in [2.24, 2.45) is 13.0 Å². The number of nitrogens with one attached hydrogen (secondary N) is 2. The van der Waals surface area contributed by atoms with Gasteiger partial charge in [-0.25, -0.2) is 4.79 Å². The molecule has 0 spiro atoms. The van der Waals surface area contributed by atoms with Crippen molar-refractivity contribution in [1.82, 2.24) is 25.3 Å². The van der Waals surface area contributed by atoms with Crippen molar-refractivity contribution in [2.45, 2.75) is 50.6 Å². The Bertz CT molecular complexity index is 763. The maximum absolute atomic E-state index is 13.0. The number of aromatic nitrogens is 2. The highest BCUT2D eigenvalue weighted by Crippen LogP contribution is 2.28. The van der Waals surface area contributed by atoms with Crippen molar-refractivity contribution >= 4 is 23.7 Å². The molecule has 4 heterocycles. The fraction of sp³-hybridized carbons (Fsp3) is 0.684. The van der Waals surface area contributed by atoms with Gasteiger partial charge >= 0.3 is 6.03 Å². The van der Waals surface area contributed by atoms with Gasteiger partial charge in [-0.1, -0.05) is 0 Å². The smallest absolute Gasteiger partial charge is 0.318 e. The number of hydrogen-bond donors (Lipinski definition) is 2. The van der Waals surface area contributed by atoms with Gasteiger partial charge in [0, 0.05) is 57.3 Å². The number of urea groups is 1. The first kappa shape index (κ1) is 18.8. The summed E-state index contributed by atoms with van der Waals surface area (Å²) in [5.41, 5.74) is 0. The minimum Gasteiger partial charge on any atom is -0.356 e. The van der Waals surface area contributed by atoms with Crippen LogP contribution in [-0.4, -0.2) is 64.2 Å². The summed E-state index contributed by atoms with van der Waals surface area (Å²) in [6, 6.07) is 1.14. The van der Waals surface area contributed by atoms with E-state index in [1.54, 1.807) is 15.8 Å². The molecular weight excluding hydrogens is 360 g/mol. The molecule has 9 nitrogen and oxygen atoms in total. The van der Waals surface area contributed by atoms with Gasteiger partial charge in [-0.3, -0.25) is 19.2 Å². The largest absolute Gasteiger partial charge is 0.356 e. The second-order valence-corrected chi connectivity index (χ2v) is 8.01. The van der Waals surface area contributed by atoms with E-state index in [0.29, 0.717) is 38.3 Å². The minimum absolute atomic E-state index is 0.0540. The maximum Gasteiger partial charge on any atom is 0.318 e. The maximum atomic E-state index is 13.0. The molecule has 28 heavy (non-hydrogen) atoms.